The Balaban J connectivity index is 2.34. The van der Waals surface area contributed by atoms with E-state index in [1.54, 1.807) is 18.0 Å². The first kappa shape index (κ1) is 15.4. The standard InChI is InChI=1S/C16H22N2O3/c1-5-21-13-8-6-12(7-9-13)16(19)15-14(20-4)10-17-18(15)11(2)3/h6-11,16,19H,5H2,1-4H3. The fraction of sp³-hybridized carbons (Fsp3) is 0.438. The molecule has 5 nitrogen and oxygen atoms in total. The van der Waals surface area contributed by atoms with Gasteiger partial charge >= 0.3 is 0 Å². The number of aliphatic hydroxyl groups is 1. The van der Waals surface area contributed by atoms with E-state index in [0.717, 1.165) is 11.3 Å². The van der Waals surface area contributed by atoms with Crippen LogP contribution in [-0.4, -0.2) is 28.6 Å². The Labute approximate surface area is 125 Å². The van der Waals surface area contributed by atoms with Gasteiger partial charge in [0, 0.05) is 6.04 Å². The first-order chi connectivity index (χ1) is 10.1. The second kappa shape index (κ2) is 6.63. The zero-order chi connectivity index (χ0) is 15.4. The van der Waals surface area contributed by atoms with Crippen molar-refractivity contribution in [2.75, 3.05) is 13.7 Å². The van der Waals surface area contributed by atoms with Crippen molar-refractivity contribution in [2.24, 2.45) is 0 Å². The summed E-state index contributed by atoms with van der Waals surface area (Å²) in [6.45, 7) is 6.59. The van der Waals surface area contributed by atoms with Crippen molar-refractivity contribution in [2.45, 2.75) is 32.9 Å². The van der Waals surface area contributed by atoms with Crippen LogP contribution in [0.15, 0.2) is 30.5 Å². The fourth-order valence-electron chi connectivity index (χ4n) is 2.26. The van der Waals surface area contributed by atoms with Gasteiger partial charge in [0.25, 0.3) is 0 Å². The predicted molar refractivity (Wildman–Crippen MR) is 80.8 cm³/mol. The summed E-state index contributed by atoms with van der Waals surface area (Å²) in [4.78, 5) is 0. The normalized spacial score (nSPS) is 12.5. The summed E-state index contributed by atoms with van der Waals surface area (Å²) in [7, 11) is 1.58. The van der Waals surface area contributed by atoms with Crippen LogP contribution in [-0.2, 0) is 0 Å². The smallest absolute Gasteiger partial charge is 0.163 e. The molecule has 0 spiro atoms. The quantitative estimate of drug-likeness (QED) is 0.888. The monoisotopic (exact) mass is 290 g/mol. The Morgan fingerprint density at radius 2 is 1.90 bits per heavy atom. The van der Waals surface area contributed by atoms with Gasteiger partial charge in [0.05, 0.1) is 19.9 Å². The van der Waals surface area contributed by atoms with Crippen LogP contribution in [0.3, 0.4) is 0 Å². The van der Waals surface area contributed by atoms with Crippen LogP contribution < -0.4 is 9.47 Å². The average Bonchev–Trinajstić information content (AvgIpc) is 2.91. The van der Waals surface area contributed by atoms with Gasteiger partial charge in [-0.15, -0.1) is 0 Å². The topological polar surface area (TPSA) is 56.5 Å². The predicted octanol–water partition coefficient (Wildman–Crippen LogP) is 2.95. The Bertz CT molecular complexity index is 576. The van der Waals surface area contributed by atoms with E-state index in [9.17, 15) is 5.11 Å². The van der Waals surface area contributed by atoms with E-state index in [1.807, 2.05) is 45.0 Å². The zero-order valence-corrected chi connectivity index (χ0v) is 12.9. The summed E-state index contributed by atoms with van der Waals surface area (Å²) < 4.78 is 12.5. The van der Waals surface area contributed by atoms with Crippen LogP contribution in [0.4, 0.5) is 0 Å². The van der Waals surface area contributed by atoms with Gasteiger partial charge in [-0.1, -0.05) is 12.1 Å². The van der Waals surface area contributed by atoms with Gasteiger partial charge in [0.2, 0.25) is 0 Å². The van der Waals surface area contributed by atoms with Crippen molar-refractivity contribution >= 4 is 0 Å². The van der Waals surface area contributed by atoms with E-state index in [0.29, 0.717) is 18.1 Å². The van der Waals surface area contributed by atoms with Crippen LogP contribution in [0.2, 0.25) is 0 Å². The molecule has 0 saturated heterocycles. The number of rotatable bonds is 6. The van der Waals surface area contributed by atoms with Gasteiger partial charge in [-0.05, 0) is 38.5 Å². The molecule has 0 amide bonds. The molecule has 0 aliphatic carbocycles. The fourth-order valence-corrected chi connectivity index (χ4v) is 2.26. The van der Waals surface area contributed by atoms with Gasteiger partial charge in [0.1, 0.15) is 17.5 Å². The summed E-state index contributed by atoms with van der Waals surface area (Å²) in [5, 5.41) is 14.9. The molecule has 1 unspecified atom stereocenters. The molecule has 0 aliphatic heterocycles. The summed E-state index contributed by atoms with van der Waals surface area (Å²) in [6.07, 6.45) is 0.841. The average molecular weight is 290 g/mol. The lowest BCUT2D eigenvalue weighted by atomic mass is 10.1. The Morgan fingerprint density at radius 1 is 1.24 bits per heavy atom. The second-order valence-corrected chi connectivity index (χ2v) is 5.04. The van der Waals surface area contributed by atoms with Gasteiger partial charge in [-0.3, -0.25) is 4.68 Å². The number of aliphatic hydroxyl groups excluding tert-OH is 1. The molecule has 1 atom stereocenters. The minimum atomic E-state index is -0.791. The number of hydrogen-bond acceptors (Lipinski definition) is 4. The third kappa shape index (κ3) is 3.19. The Hall–Kier alpha value is -2.01. The Kier molecular flexibility index (Phi) is 4.85. The first-order valence-electron chi connectivity index (χ1n) is 7.10. The van der Waals surface area contributed by atoms with E-state index in [4.69, 9.17) is 9.47 Å². The van der Waals surface area contributed by atoms with Crippen LogP contribution in [0.1, 0.15) is 44.2 Å². The third-order valence-corrected chi connectivity index (χ3v) is 3.27. The van der Waals surface area contributed by atoms with E-state index in [-0.39, 0.29) is 6.04 Å². The molecule has 21 heavy (non-hydrogen) atoms. The van der Waals surface area contributed by atoms with Crippen molar-refractivity contribution in [3.05, 3.63) is 41.7 Å². The summed E-state index contributed by atoms with van der Waals surface area (Å²) in [6, 6.07) is 7.55. The maximum atomic E-state index is 10.7. The molecular formula is C16H22N2O3. The Morgan fingerprint density at radius 3 is 2.43 bits per heavy atom. The summed E-state index contributed by atoms with van der Waals surface area (Å²) in [5.74, 6) is 1.38. The van der Waals surface area contributed by atoms with Gasteiger partial charge < -0.3 is 14.6 Å². The molecule has 1 heterocycles. The van der Waals surface area contributed by atoms with Crippen LogP contribution >= 0.6 is 0 Å². The molecule has 0 fully saturated rings. The summed E-state index contributed by atoms with van der Waals surface area (Å²) >= 11 is 0. The SMILES string of the molecule is CCOc1ccc(C(O)c2c(OC)cnn2C(C)C)cc1. The van der Waals surface area contributed by atoms with Gasteiger partial charge in [-0.25, -0.2) is 0 Å². The molecule has 0 aliphatic rings. The highest BCUT2D eigenvalue weighted by molar-refractivity contribution is 5.37. The number of methoxy groups -OCH3 is 1. The summed E-state index contributed by atoms with van der Waals surface area (Å²) in [5.41, 5.74) is 1.44. The number of benzene rings is 1. The van der Waals surface area contributed by atoms with Gasteiger partial charge in [-0.2, -0.15) is 5.10 Å². The molecule has 114 valence electrons. The molecule has 0 radical (unpaired) electrons. The van der Waals surface area contributed by atoms with Crippen LogP contribution in [0.5, 0.6) is 11.5 Å². The highest BCUT2D eigenvalue weighted by atomic mass is 16.5. The van der Waals surface area contributed by atoms with Crippen molar-refractivity contribution in [1.29, 1.82) is 0 Å². The lowest BCUT2D eigenvalue weighted by molar-refractivity contribution is 0.199. The minimum absolute atomic E-state index is 0.140. The number of nitrogens with zero attached hydrogens (tertiary/aromatic N) is 2. The molecule has 2 aromatic rings. The lowest BCUT2D eigenvalue weighted by Crippen LogP contribution is -2.13. The molecule has 5 heteroatoms. The molecule has 1 aromatic carbocycles. The molecule has 2 rings (SSSR count). The van der Waals surface area contributed by atoms with Crippen molar-refractivity contribution in [3.63, 3.8) is 0 Å². The largest absolute Gasteiger partial charge is 0.494 e. The van der Waals surface area contributed by atoms with Crippen LogP contribution in [0.25, 0.3) is 0 Å². The van der Waals surface area contributed by atoms with E-state index in [2.05, 4.69) is 5.10 Å². The highest BCUT2D eigenvalue weighted by Gasteiger charge is 2.22. The highest BCUT2D eigenvalue weighted by Crippen LogP contribution is 2.32. The van der Waals surface area contributed by atoms with Crippen LogP contribution in [0, 0.1) is 0 Å². The molecule has 0 bridgehead atoms. The maximum absolute atomic E-state index is 10.7. The second-order valence-electron chi connectivity index (χ2n) is 5.04. The lowest BCUT2D eigenvalue weighted by Gasteiger charge is -2.17. The molecular weight excluding hydrogens is 268 g/mol. The number of ether oxygens (including phenoxy) is 2. The van der Waals surface area contributed by atoms with Crippen molar-refractivity contribution in [1.82, 2.24) is 9.78 Å². The van der Waals surface area contributed by atoms with Gasteiger partial charge in [0.15, 0.2) is 5.75 Å². The number of aromatic nitrogens is 2. The van der Waals surface area contributed by atoms with Crippen molar-refractivity contribution < 1.29 is 14.6 Å². The maximum Gasteiger partial charge on any atom is 0.163 e. The molecule has 1 N–H and O–H groups in total. The van der Waals surface area contributed by atoms with E-state index >= 15 is 0 Å². The first-order valence-corrected chi connectivity index (χ1v) is 7.10. The van der Waals surface area contributed by atoms with Crippen molar-refractivity contribution in [3.8, 4) is 11.5 Å². The third-order valence-electron chi connectivity index (χ3n) is 3.27. The molecule has 0 saturated carbocycles. The molecule has 1 aromatic heterocycles. The van der Waals surface area contributed by atoms with E-state index in [1.165, 1.54) is 0 Å². The minimum Gasteiger partial charge on any atom is -0.494 e. The zero-order valence-electron chi connectivity index (χ0n) is 12.9. The number of hydrogen-bond donors (Lipinski definition) is 1. The van der Waals surface area contributed by atoms with E-state index < -0.39 is 6.10 Å².